The van der Waals surface area contributed by atoms with E-state index in [4.69, 9.17) is 4.42 Å². The van der Waals surface area contributed by atoms with Crippen LogP contribution in [0.2, 0.25) is 0 Å². The Morgan fingerprint density at radius 2 is 1.18 bits per heavy atom. The van der Waals surface area contributed by atoms with Crippen LogP contribution < -0.4 is 4.90 Å². The fraction of sp³-hybridized carbons (Fsp3) is 0.0566. The third kappa shape index (κ3) is 4.43. The lowest BCUT2D eigenvalue weighted by Crippen LogP contribution is -2.16. The molecule has 2 nitrogen and oxygen atoms in total. The van der Waals surface area contributed by atoms with Crippen LogP contribution in [0.15, 0.2) is 180 Å². The van der Waals surface area contributed by atoms with E-state index in [0.29, 0.717) is 0 Å². The van der Waals surface area contributed by atoms with E-state index in [2.05, 4.69) is 195 Å². The van der Waals surface area contributed by atoms with E-state index in [0.717, 1.165) is 33.3 Å². The van der Waals surface area contributed by atoms with Crippen molar-refractivity contribution in [3.8, 4) is 22.3 Å². The normalized spacial score (nSPS) is 13.3. The summed E-state index contributed by atoms with van der Waals surface area (Å²) in [5.74, 6) is 0. The molecule has 0 unspecified atom stereocenters. The van der Waals surface area contributed by atoms with Gasteiger partial charge in [0.2, 0.25) is 0 Å². The molecule has 0 saturated carbocycles. The van der Waals surface area contributed by atoms with E-state index in [9.17, 15) is 0 Å². The van der Waals surface area contributed by atoms with E-state index in [1.807, 2.05) is 11.3 Å². The Labute approximate surface area is 328 Å². The molecule has 9 aromatic carbocycles. The lowest BCUT2D eigenvalue weighted by molar-refractivity contribution is 0.660. The van der Waals surface area contributed by atoms with E-state index in [1.54, 1.807) is 0 Å². The second-order valence-corrected chi connectivity index (χ2v) is 16.7. The summed E-state index contributed by atoms with van der Waals surface area (Å²) in [7, 11) is 0. The molecule has 1 aliphatic carbocycles. The maximum Gasteiger partial charge on any atom is 0.143 e. The van der Waals surface area contributed by atoms with Gasteiger partial charge in [0.25, 0.3) is 0 Å². The fourth-order valence-corrected chi connectivity index (χ4v) is 10.7. The highest BCUT2D eigenvalue weighted by molar-refractivity contribution is 7.26. The minimum Gasteiger partial charge on any atom is -0.455 e. The molecule has 0 spiro atoms. The Morgan fingerprint density at radius 3 is 2.07 bits per heavy atom. The number of rotatable bonds is 4. The van der Waals surface area contributed by atoms with E-state index >= 15 is 0 Å². The van der Waals surface area contributed by atoms with Gasteiger partial charge in [-0.1, -0.05) is 135 Å². The molecule has 2 aromatic heterocycles. The van der Waals surface area contributed by atoms with Crippen molar-refractivity contribution in [1.82, 2.24) is 0 Å². The molecular formula is C53H35NOS. The molecular weight excluding hydrogens is 699 g/mol. The molecule has 0 fully saturated rings. The lowest BCUT2D eigenvalue weighted by Gasteiger charge is -2.29. The number of nitrogens with zero attached hydrogens (tertiary/aromatic N) is 1. The molecule has 0 N–H and O–H groups in total. The standard InChI is InChI=1S/C53H35NOS/c1-53(2)41-16-8-7-15-39(41)48-42(53)17-9-18-43(48)54(37-26-23-33(24-27-37)36-22-21-32-11-3-4-13-35(32)31-36)44-19-10-20-46-50(44)51-47(56-46)30-29-45-49(51)40-28-25-34-12-5-6-14-38(34)52(40)55-45/h3-31H,1-2H3. The number of hydrogen-bond acceptors (Lipinski definition) is 3. The summed E-state index contributed by atoms with van der Waals surface area (Å²) in [6.07, 6.45) is 0. The topological polar surface area (TPSA) is 16.4 Å². The average Bonchev–Trinajstić information content (AvgIpc) is 3.89. The maximum absolute atomic E-state index is 6.76. The highest BCUT2D eigenvalue weighted by Crippen LogP contribution is 2.56. The van der Waals surface area contributed by atoms with Crippen molar-refractivity contribution >= 4 is 92.1 Å². The molecule has 0 saturated heterocycles. The van der Waals surface area contributed by atoms with E-state index in [-0.39, 0.29) is 5.41 Å². The fourth-order valence-electron chi connectivity index (χ4n) is 9.57. The number of anilines is 3. The highest BCUT2D eigenvalue weighted by atomic mass is 32.1. The molecule has 264 valence electrons. The largest absolute Gasteiger partial charge is 0.455 e. The van der Waals surface area contributed by atoms with Crippen LogP contribution in [0.3, 0.4) is 0 Å². The van der Waals surface area contributed by atoms with Crippen LogP contribution in [0.25, 0.3) is 85.9 Å². The molecule has 56 heavy (non-hydrogen) atoms. The van der Waals surface area contributed by atoms with Gasteiger partial charge in [-0.15, -0.1) is 11.3 Å². The van der Waals surface area contributed by atoms with Gasteiger partial charge in [-0.05, 0) is 98.6 Å². The maximum atomic E-state index is 6.76. The van der Waals surface area contributed by atoms with Crippen LogP contribution in [0.1, 0.15) is 25.0 Å². The van der Waals surface area contributed by atoms with Crippen molar-refractivity contribution in [3.63, 3.8) is 0 Å². The van der Waals surface area contributed by atoms with Gasteiger partial charge >= 0.3 is 0 Å². The van der Waals surface area contributed by atoms with Gasteiger partial charge in [-0.25, -0.2) is 0 Å². The van der Waals surface area contributed by atoms with Gasteiger partial charge in [0.05, 0.1) is 11.4 Å². The number of thiophene rings is 1. The Hall–Kier alpha value is -6.68. The van der Waals surface area contributed by atoms with Crippen LogP contribution in [0.4, 0.5) is 17.1 Å². The monoisotopic (exact) mass is 733 g/mol. The Kier molecular flexibility index (Phi) is 6.59. The summed E-state index contributed by atoms with van der Waals surface area (Å²) in [5.41, 5.74) is 12.9. The predicted octanol–water partition coefficient (Wildman–Crippen LogP) is 15.7. The minimum absolute atomic E-state index is 0.126. The van der Waals surface area contributed by atoms with Crippen molar-refractivity contribution < 1.29 is 4.42 Å². The first-order valence-corrected chi connectivity index (χ1v) is 20.2. The second kappa shape index (κ2) is 11.7. The first-order chi connectivity index (χ1) is 27.5. The Balaban J connectivity index is 1.15. The second-order valence-electron chi connectivity index (χ2n) is 15.6. The third-order valence-corrected chi connectivity index (χ3v) is 13.4. The predicted molar refractivity (Wildman–Crippen MR) is 239 cm³/mol. The molecule has 0 atom stereocenters. The van der Waals surface area contributed by atoms with Gasteiger partial charge in [-0.2, -0.15) is 0 Å². The first kappa shape index (κ1) is 31.6. The van der Waals surface area contributed by atoms with E-state index < -0.39 is 0 Å². The molecule has 1 aliphatic rings. The Morgan fingerprint density at radius 1 is 0.482 bits per heavy atom. The summed E-state index contributed by atoms with van der Waals surface area (Å²) >= 11 is 1.86. The molecule has 12 rings (SSSR count). The summed E-state index contributed by atoms with van der Waals surface area (Å²) < 4.78 is 9.27. The Bertz CT molecular complexity index is 3400. The van der Waals surface area contributed by atoms with Gasteiger partial charge in [0.1, 0.15) is 11.2 Å². The van der Waals surface area contributed by atoms with Crippen molar-refractivity contribution in [1.29, 1.82) is 0 Å². The zero-order valence-electron chi connectivity index (χ0n) is 31.0. The average molecular weight is 734 g/mol. The van der Waals surface area contributed by atoms with Crippen LogP contribution in [-0.4, -0.2) is 0 Å². The van der Waals surface area contributed by atoms with Crippen molar-refractivity contribution in [3.05, 3.63) is 187 Å². The third-order valence-electron chi connectivity index (χ3n) is 12.2. The molecule has 0 amide bonds. The molecule has 0 radical (unpaired) electrons. The van der Waals surface area contributed by atoms with Gasteiger partial charge in [-0.3, -0.25) is 0 Å². The minimum atomic E-state index is -0.126. The smallest absolute Gasteiger partial charge is 0.143 e. The van der Waals surface area contributed by atoms with Gasteiger partial charge < -0.3 is 9.32 Å². The van der Waals surface area contributed by atoms with Crippen LogP contribution in [0, 0.1) is 0 Å². The molecule has 3 heteroatoms. The summed E-state index contributed by atoms with van der Waals surface area (Å²) in [5, 5.41) is 9.66. The highest BCUT2D eigenvalue weighted by Gasteiger charge is 2.38. The van der Waals surface area contributed by atoms with Gasteiger partial charge in [0, 0.05) is 53.0 Å². The van der Waals surface area contributed by atoms with Crippen LogP contribution in [0.5, 0.6) is 0 Å². The van der Waals surface area contributed by atoms with Crippen molar-refractivity contribution in [2.45, 2.75) is 19.3 Å². The molecule has 0 bridgehead atoms. The number of fused-ring (bicyclic) bond motifs is 13. The molecule has 2 heterocycles. The van der Waals surface area contributed by atoms with Crippen molar-refractivity contribution in [2.24, 2.45) is 0 Å². The molecule has 11 aromatic rings. The summed E-state index contributed by atoms with van der Waals surface area (Å²) in [6.45, 7) is 4.73. The number of benzene rings is 9. The molecule has 0 aliphatic heterocycles. The van der Waals surface area contributed by atoms with Gasteiger partial charge in [0.15, 0.2) is 0 Å². The quantitative estimate of drug-likeness (QED) is 0.179. The first-order valence-electron chi connectivity index (χ1n) is 19.3. The lowest BCUT2D eigenvalue weighted by atomic mass is 9.82. The van der Waals surface area contributed by atoms with Crippen molar-refractivity contribution in [2.75, 3.05) is 4.90 Å². The summed E-state index contributed by atoms with van der Waals surface area (Å²) in [6, 6.07) is 64.6. The van der Waals surface area contributed by atoms with Crippen LogP contribution in [-0.2, 0) is 5.41 Å². The SMILES string of the molecule is CC1(C)c2ccccc2-c2c(N(c3ccc(-c4ccc5ccccc5c4)cc3)c3cccc4sc5ccc6oc7c8ccccc8ccc7c6c5c34)cccc21. The van der Waals surface area contributed by atoms with E-state index in [1.165, 1.54) is 80.8 Å². The van der Waals surface area contributed by atoms with Crippen LogP contribution >= 0.6 is 11.3 Å². The summed E-state index contributed by atoms with van der Waals surface area (Å²) in [4.78, 5) is 2.52. The number of hydrogen-bond donors (Lipinski definition) is 0. The zero-order chi connectivity index (χ0) is 37.1. The zero-order valence-corrected chi connectivity index (χ0v) is 31.8. The number of furan rings is 1.